The van der Waals surface area contributed by atoms with E-state index in [0.29, 0.717) is 24.3 Å². The molecule has 0 N–H and O–H groups in total. The van der Waals surface area contributed by atoms with Crippen LogP contribution in [0.3, 0.4) is 0 Å². The summed E-state index contributed by atoms with van der Waals surface area (Å²) >= 11 is 0. The molecule has 0 spiro atoms. The van der Waals surface area contributed by atoms with Crippen molar-refractivity contribution in [1.82, 2.24) is 0 Å². The minimum absolute atomic E-state index is 0.401. The van der Waals surface area contributed by atoms with Gasteiger partial charge in [0.25, 0.3) is 0 Å². The highest BCUT2D eigenvalue weighted by atomic mass is 32.2. The summed E-state index contributed by atoms with van der Waals surface area (Å²) in [7, 11) is -1.76. The van der Waals surface area contributed by atoms with Crippen molar-refractivity contribution in [3.8, 4) is 0 Å². The molecule has 0 aromatic heterocycles. The van der Waals surface area contributed by atoms with Crippen molar-refractivity contribution in [3.05, 3.63) is 42.5 Å². The zero-order valence-corrected chi connectivity index (χ0v) is 12.0. The molecule has 0 bridgehead atoms. The molecule has 1 unspecified atom stereocenters. The Bertz CT molecular complexity index is 534. The lowest BCUT2D eigenvalue weighted by atomic mass is 9.92. The first-order valence-electron chi connectivity index (χ1n) is 6.59. The van der Waals surface area contributed by atoms with Gasteiger partial charge in [0.1, 0.15) is 0 Å². The van der Waals surface area contributed by atoms with Gasteiger partial charge in [-0.3, -0.25) is 0 Å². The molecule has 1 aliphatic carbocycles. The van der Waals surface area contributed by atoms with Crippen LogP contribution >= 0.6 is 0 Å². The van der Waals surface area contributed by atoms with Gasteiger partial charge in [-0.2, -0.15) is 0 Å². The molecule has 3 nitrogen and oxygen atoms in total. The number of methoxy groups -OCH3 is 1. The Morgan fingerprint density at radius 2 is 2.00 bits per heavy atom. The van der Waals surface area contributed by atoms with Crippen LogP contribution in [-0.4, -0.2) is 26.9 Å². The Hall–Kier alpha value is -1.13. The molecule has 2 rings (SSSR count). The topological polar surface area (TPSA) is 43.4 Å². The summed E-state index contributed by atoms with van der Waals surface area (Å²) in [4.78, 5) is 0.401. The van der Waals surface area contributed by atoms with Crippen LogP contribution in [0, 0.1) is 0 Å². The summed E-state index contributed by atoms with van der Waals surface area (Å²) in [6.45, 7) is 0.455. The fraction of sp³-hybridized carbons (Fsp3) is 0.467. The molecule has 1 aromatic rings. The van der Waals surface area contributed by atoms with E-state index < -0.39 is 14.6 Å². The third-order valence-electron chi connectivity index (χ3n) is 3.71. The lowest BCUT2D eigenvalue weighted by Crippen LogP contribution is -2.39. The maximum absolute atomic E-state index is 12.9. The van der Waals surface area contributed by atoms with Crippen LogP contribution in [0.4, 0.5) is 0 Å². The third-order valence-corrected chi connectivity index (χ3v) is 6.22. The Kier molecular flexibility index (Phi) is 4.42. The van der Waals surface area contributed by atoms with Gasteiger partial charge >= 0.3 is 0 Å². The quantitative estimate of drug-likeness (QED) is 0.779. The molecule has 1 aliphatic rings. The highest BCUT2D eigenvalue weighted by Crippen LogP contribution is 2.37. The predicted octanol–water partition coefficient (Wildman–Crippen LogP) is 2.98. The van der Waals surface area contributed by atoms with E-state index in [0.717, 1.165) is 12.8 Å². The van der Waals surface area contributed by atoms with Gasteiger partial charge in [0.05, 0.1) is 9.64 Å². The zero-order chi connectivity index (χ0) is 13.8. The summed E-state index contributed by atoms with van der Waals surface area (Å²) < 4.78 is 30.1. The molecule has 0 amide bonds. The molecule has 0 saturated heterocycles. The maximum Gasteiger partial charge on any atom is 0.187 e. The Balaban J connectivity index is 2.43. The fourth-order valence-electron chi connectivity index (χ4n) is 2.58. The largest absolute Gasteiger partial charge is 0.385 e. The summed E-state index contributed by atoms with van der Waals surface area (Å²) in [6.07, 6.45) is 6.91. The number of allylic oxidation sites excluding steroid dienone is 1. The van der Waals surface area contributed by atoms with E-state index in [4.69, 9.17) is 4.74 Å². The van der Waals surface area contributed by atoms with Crippen molar-refractivity contribution in [2.75, 3.05) is 13.7 Å². The minimum atomic E-state index is -3.36. The Morgan fingerprint density at radius 3 is 2.58 bits per heavy atom. The average Bonchev–Trinajstić information content (AvgIpc) is 2.47. The molecule has 104 valence electrons. The lowest BCUT2D eigenvalue weighted by Gasteiger charge is -2.32. The first-order valence-corrected chi connectivity index (χ1v) is 8.07. The Labute approximate surface area is 115 Å². The number of ether oxygens (including phenoxy) is 1. The van der Waals surface area contributed by atoms with Crippen LogP contribution in [0.1, 0.15) is 25.7 Å². The van der Waals surface area contributed by atoms with Gasteiger partial charge in [0.15, 0.2) is 9.84 Å². The SMILES string of the molecule is COCCC1(S(=O)(=O)c2ccccc2)C=CCCC1. The van der Waals surface area contributed by atoms with Crippen molar-refractivity contribution in [2.24, 2.45) is 0 Å². The van der Waals surface area contributed by atoms with Gasteiger partial charge in [-0.25, -0.2) is 8.42 Å². The molecule has 4 heteroatoms. The first-order chi connectivity index (χ1) is 9.12. The van der Waals surface area contributed by atoms with Crippen LogP contribution in [0.5, 0.6) is 0 Å². The molecule has 1 aromatic carbocycles. The second kappa shape index (κ2) is 5.88. The van der Waals surface area contributed by atoms with Crippen molar-refractivity contribution in [2.45, 2.75) is 35.3 Å². The van der Waals surface area contributed by atoms with E-state index >= 15 is 0 Å². The van der Waals surface area contributed by atoms with E-state index in [1.54, 1.807) is 31.4 Å². The minimum Gasteiger partial charge on any atom is -0.385 e. The Morgan fingerprint density at radius 1 is 1.26 bits per heavy atom. The fourth-order valence-corrected chi connectivity index (χ4v) is 4.60. The van der Waals surface area contributed by atoms with Crippen LogP contribution in [0.15, 0.2) is 47.4 Å². The number of hydrogen-bond acceptors (Lipinski definition) is 3. The van der Waals surface area contributed by atoms with Crippen LogP contribution in [0.25, 0.3) is 0 Å². The van der Waals surface area contributed by atoms with Gasteiger partial charge in [-0.1, -0.05) is 30.4 Å². The molecule has 0 radical (unpaired) electrons. The monoisotopic (exact) mass is 280 g/mol. The van der Waals surface area contributed by atoms with Crippen LogP contribution < -0.4 is 0 Å². The molecule has 0 saturated carbocycles. The highest BCUT2D eigenvalue weighted by molar-refractivity contribution is 7.93. The van der Waals surface area contributed by atoms with Crippen molar-refractivity contribution < 1.29 is 13.2 Å². The molecule has 0 heterocycles. The van der Waals surface area contributed by atoms with E-state index in [1.165, 1.54) is 0 Å². The van der Waals surface area contributed by atoms with E-state index in [2.05, 4.69) is 0 Å². The highest BCUT2D eigenvalue weighted by Gasteiger charge is 2.42. The summed E-state index contributed by atoms with van der Waals surface area (Å²) in [5, 5.41) is 0. The van der Waals surface area contributed by atoms with Crippen LogP contribution in [0.2, 0.25) is 0 Å². The summed E-state index contributed by atoms with van der Waals surface area (Å²) in [6, 6.07) is 8.71. The summed E-state index contributed by atoms with van der Waals surface area (Å²) in [5.74, 6) is 0. The van der Waals surface area contributed by atoms with Crippen molar-refractivity contribution in [3.63, 3.8) is 0 Å². The van der Waals surface area contributed by atoms with E-state index in [1.807, 2.05) is 18.2 Å². The van der Waals surface area contributed by atoms with Gasteiger partial charge in [0, 0.05) is 13.7 Å². The second-order valence-electron chi connectivity index (χ2n) is 4.92. The molecule has 19 heavy (non-hydrogen) atoms. The number of benzene rings is 1. The second-order valence-corrected chi connectivity index (χ2v) is 7.21. The molecular weight excluding hydrogens is 260 g/mol. The normalized spacial score (nSPS) is 23.4. The molecular formula is C15H20O3S. The molecule has 0 fully saturated rings. The van der Waals surface area contributed by atoms with Gasteiger partial charge in [0.2, 0.25) is 0 Å². The lowest BCUT2D eigenvalue weighted by molar-refractivity contribution is 0.185. The van der Waals surface area contributed by atoms with Crippen molar-refractivity contribution in [1.29, 1.82) is 0 Å². The van der Waals surface area contributed by atoms with Gasteiger partial charge < -0.3 is 4.74 Å². The van der Waals surface area contributed by atoms with Gasteiger partial charge in [-0.05, 0) is 37.8 Å². The average molecular weight is 280 g/mol. The molecule has 0 aliphatic heterocycles. The van der Waals surface area contributed by atoms with Crippen molar-refractivity contribution >= 4 is 9.84 Å². The zero-order valence-electron chi connectivity index (χ0n) is 11.2. The predicted molar refractivity (Wildman–Crippen MR) is 75.8 cm³/mol. The van der Waals surface area contributed by atoms with Crippen LogP contribution in [-0.2, 0) is 14.6 Å². The van der Waals surface area contributed by atoms with E-state index in [-0.39, 0.29) is 0 Å². The standard InChI is InChI=1S/C15H20O3S/c1-18-13-12-15(10-6-3-7-11-15)19(16,17)14-8-4-2-5-9-14/h2,4-6,8-10H,3,7,11-13H2,1H3. The number of hydrogen-bond donors (Lipinski definition) is 0. The number of rotatable bonds is 5. The maximum atomic E-state index is 12.9. The van der Waals surface area contributed by atoms with E-state index in [9.17, 15) is 8.42 Å². The molecule has 1 atom stereocenters. The smallest absolute Gasteiger partial charge is 0.187 e. The third kappa shape index (κ3) is 2.74. The summed E-state index contributed by atoms with van der Waals surface area (Å²) in [5.41, 5.74) is 0. The first kappa shape index (κ1) is 14.3. The number of sulfone groups is 1. The van der Waals surface area contributed by atoms with Gasteiger partial charge in [-0.15, -0.1) is 0 Å².